The van der Waals surface area contributed by atoms with Gasteiger partial charge in [0.2, 0.25) is 0 Å². The Balaban J connectivity index is 1.14. The maximum absolute atomic E-state index is 14.2. The lowest BCUT2D eigenvalue weighted by atomic mass is 9.85. The van der Waals surface area contributed by atoms with Crippen LogP contribution in [0.3, 0.4) is 0 Å². The molecule has 3 heterocycles. The normalized spacial score (nSPS) is 19.4. The lowest BCUT2D eigenvalue weighted by Crippen LogP contribution is -2.50. The molecule has 7 rings (SSSR count). The predicted molar refractivity (Wildman–Crippen MR) is 194 cm³/mol. The number of aryl methyl sites for hydroxylation is 1. The summed E-state index contributed by atoms with van der Waals surface area (Å²) in [5.41, 5.74) is 7.24. The number of amides is 1. The second-order valence-corrected chi connectivity index (χ2v) is 14.0. The topological polar surface area (TPSA) is 96.4 Å². The number of carbonyl (C=O) groups is 1. The standard InChI is InChI=1S/C42H48N4O3/c1-2-29-18-19-40-33(23-29)38(27-42(49-40)20-10-11-21-42)44-28-39(47)37(24-30-13-5-3-6-14-30)46-41(48)32-25-35(31-15-7-4-8-16-31)45-36(26-32)34-17-9-12-22-43-34/h3,5-6,9,12-15,17-19,22-23,25-26,37-39,44,47H,2,4,7-8,10-11,16,20-21,24,27-28H2,1H3,(H,46,48)/t37-,38-,39+/m0/s1. The van der Waals surface area contributed by atoms with Crippen molar-refractivity contribution in [3.8, 4) is 17.1 Å². The van der Waals surface area contributed by atoms with E-state index in [1.54, 1.807) is 6.20 Å². The number of fused-ring (bicyclic) bond motifs is 1. The van der Waals surface area contributed by atoms with Crippen molar-refractivity contribution in [3.05, 3.63) is 119 Å². The Labute approximate surface area is 290 Å². The van der Waals surface area contributed by atoms with Crippen LogP contribution in [0.2, 0.25) is 0 Å². The second-order valence-electron chi connectivity index (χ2n) is 14.0. The van der Waals surface area contributed by atoms with E-state index in [4.69, 9.17) is 9.72 Å². The van der Waals surface area contributed by atoms with Gasteiger partial charge >= 0.3 is 0 Å². The van der Waals surface area contributed by atoms with E-state index >= 15 is 0 Å². The Kier molecular flexibility index (Phi) is 10.2. The van der Waals surface area contributed by atoms with Crippen LogP contribution in [0.1, 0.15) is 103 Å². The number of carbonyl (C=O) groups excluding carboxylic acids is 1. The fraction of sp³-hybridized carbons (Fsp3) is 0.405. The summed E-state index contributed by atoms with van der Waals surface area (Å²) in [4.78, 5) is 23.6. The maximum atomic E-state index is 14.2. The minimum absolute atomic E-state index is 0.0588. The molecule has 49 heavy (non-hydrogen) atoms. The molecule has 254 valence electrons. The number of nitrogens with zero attached hydrogens (tertiary/aromatic N) is 2. The van der Waals surface area contributed by atoms with Crippen LogP contribution in [0.15, 0.2) is 91.1 Å². The zero-order valence-corrected chi connectivity index (χ0v) is 28.5. The number of aliphatic hydroxyl groups is 1. The summed E-state index contributed by atoms with van der Waals surface area (Å²) in [6, 6.07) is 25.6. The molecule has 1 amide bonds. The van der Waals surface area contributed by atoms with E-state index in [0.717, 1.165) is 73.2 Å². The van der Waals surface area contributed by atoms with Crippen LogP contribution in [0, 0.1) is 0 Å². The molecule has 1 spiro atoms. The van der Waals surface area contributed by atoms with Crippen molar-refractivity contribution in [1.82, 2.24) is 20.6 Å². The van der Waals surface area contributed by atoms with Crippen molar-refractivity contribution < 1.29 is 14.6 Å². The third-order valence-corrected chi connectivity index (χ3v) is 10.6. The number of ether oxygens (including phenoxy) is 1. The van der Waals surface area contributed by atoms with E-state index in [9.17, 15) is 9.90 Å². The van der Waals surface area contributed by atoms with Gasteiger partial charge in [0.05, 0.1) is 29.2 Å². The molecule has 3 atom stereocenters. The highest BCUT2D eigenvalue weighted by Crippen LogP contribution is 2.47. The number of benzene rings is 2. The molecule has 7 heteroatoms. The van der Waals surface area contributed by atoms with E-state index in [2.05, 4.69) is 46.8 Å². The first-order chi connectivity index (χ1) is 24.0. The van der Waals surface area contributed by atoms with Crippen LogP contribution in [-0.2, 0) is 12.8 Å². The number of aromatic nitrogens is 2. The smallest absolute Gasteiger partial charge is 0.251 e. The van der Waals surface area contributed by atoms with Crippen LogP contribution in [0.5, 0.6) is 5.75 Å². The van der Waals surface area contributed by atoms with E-state index < -0.39 is 12.1 Å². The first-order valence-corrected chi connectivity index (χ1v) is 18.2. The van der Waals surface area contributed by atoms with Gasteiger partial charge in [0.1, 0.15) is 11.4 Å². The van der Waals surface area contributed by atoms with Gasteiger partial charge in [0.25, 0.3) is 5.91 Å². The first-order valence-electron chi connectivity index (χ1n) is 18.2. The number of rotatable bonds is 11. The third kappa shape index (κ3) is 7.79. The largest absolute Gasteiger partial charge is 0.487 e. The van der Waals surface area contributed by atoms with E-state index in [1.165, 1.54) is 30.4 Å². The molecule has 0 bridgehead atoms. The molecule has 2 aromatic carbocycles. The molecular weight excluding hydrogens is 608 g/mol. The molecular formula is C42H48N4O3. The molecule has 1 saturated carbocycles. The summed E-state index contributed by atoms with van der Waals surface area (Å²) in [6.07, 6.45) is 14.2. The third-order valence-electron chi connectivity index (χ3n) is 10.6. The summed E-state index contributed by atoms with van der Waals surface area (Å²) in [7, 11) is 0. The van der Waals surface area contributed by atoms with Crippen LogP contribution in [0.25, 0.3) is 17.0 Å². The van der Waals surface area contributed by atoms with Crippen LogP contribution >= 0.6 is 0 Å². The van der Waals surface area contributed by atoms with Crippen molar-refractivity contribution in [1.29, 1.82) is 0 Å². The Morgan fingerprint density at radius 2 is 1.76 bits per heavy atom. The number of aliphatic hydroxyl groups excluding tert-OH is 1. The lowest BCUT2D eigenvalue weighted by molar-refractivity contribution is 0.0326. The number of allylic oxidation sites excluding steroid dienone is 2. The first kappa shape index (κ1) is 33.2. The minimum atomic E-state index is -0.832. The Bertz CT molecular complexity index is 1770. The molecule has 3 aliphatic rings. The molecule has 2 aromatic heterocycles. The summed E-state index contributed by atoms with van der Waals surface area (Å²) in [5.74, 6) is 0.725. The Hall–Kier alpha value is -4.33. The van der Waals surface area contributed by atoms with E-state index in [1.807, 2.05) is 60.7 Å². The summed E-state index contributed by atoms with van der Waals surface area (Å²) in [5, 5.41) is 18.8. The Morgan fingerprint density at radius 1 is 0.939 bits per heavy atom. The van der Waals surface area contributed by atoms with Crippen molar-refractivity contribution in [2.24, 2.45) is 0 Å². The fourth-order valence-corrected chi connectivity index (χ4v) is 7.80. The second kappa shape index (κ2) is 15.1. The van der Waals surface area contributed by atoms with Crippen molar-refractivity contribution in [3.63, 3.8) is 0 Å². The zero-order valence-electron chi connectivity index (χ0n) is 28.5. The molecule has 1 fully saturated rings. The van der Waals surface area contributed by atoms with Gasteiger partial charge in [-0.15, -0.1) is 0 Å². The number of hydrogen-bond donors (Lipinski definition) is 3. The lowest BCUT2D eigenvalue weighted by Gasteiger charge is -2.41. The van der Waals surface area contributed by atoms with Gasteiger partial charge in [-0.25, -0.2) is 4.98 Å². The van der Waals surface area contributed by atoms with Gasteiger partial charge in [-0.3, -0.25) is 9.78 Å². The van der Waals surface area contributed by atoms with Gasteiger partial charge < -0.3 is 20.5 Å². The van der Waals surface area contributed by atoms with Crippen molar-refractivity contribution in [2.75, 3.05) is 6.54 Å². The highest BCUT2D eigenvalue weighted by atomic mass is 16.5. The molecule has 3 N–H and O–H groups in total. The van der Waals surface area contributed by atoms with Crippen LogP contribution in [-0.4, -0.2) is 45.3 Å². The quantitative estimate of drug-likeness (QED) is 0.153. The predicted octanol–water partition coefficient (Wildman–Crippen LogP) is 7.79. The van der Waals surface area contributed by atoms with Crippen LogP contribution < -0.4 is 15.4 Å². The van der Waals surface area contributed by atoms with E-state index in [0.29, 0.717) is 24.2 Å². The maximum Gasteiger partial charge on any atom is 0.251 e. The summed E-state index contributed by atoms with van der Waals surface area (Å²) in [6.45, 7) is 2.51. The molecule has 0 radical (unpaired) electrons. The molecule has 7 nitrogen and oxygen atoms in total. The number of hydrogen-bond acceptors (Lipinski definition) is 6. The minimum Gasteiger partial charge on any atom is -0.487 e. The van der Waals surface area contributed by atoms with Gasteiger partial charge in [-0.2, -0.15) is 0 Å². The zero-order chi connectivity index (χ0) is 33.6. The molecule has 0 saturated heterocycles. The van der Waals surface area contributed by atoms with Gasteiger partial charge in [-0.05, 0) is 111 Å². The van der Waals surface area contributed by atoms with Gasteiger partial charge in [0, 0.05) is 36.3 Å². The van der Waals surface area contributed by atoms with Crippen LogP contribution in [0.4, 0.5) is 0 Å². The van der Waals surface area contributed by atoms with E-state index in [-0.39, 0.29) is 17.6 Å². The molecule has 0 unspecified atom stereocenters. The number of pyridine rings is 2. The van der Waals surface area contributed by atoms with Crippen molar-refractivity contribution in [2.45, 2.75) is 101 Å². The average Bonchev–Trinajstić information content (AvgIpc) is 3.61. The number of nitrogens with one attached hydrogen (secondary N) is 2. The monoisotopic (exact) mass is 656 g/mol. The summed E-state index contributed by atoms with van der Waals surface area (Å²) < 4.78 is 6.67. The van der Waals surface area contributed by atoms with Gasteiger partial charge in [0.15, 0.2) is 0 Å². The fourth-order valence-electron chi connectivity index (χ4n) is 7.80. The molecule has 2 aliphatic carbocycles. The Morgan fingerprint density at radius 3 is 2.51 bits per heavy atom. The summed E-state index contributed by atoms with van der Waals surface area (Å²) >= 11 is 0. The molecule has 1 aliphatic heterocycles. The highest BCUT2D eigenvalue weighted by Gasteiger charge is 2.43. The van der Waals surface area contributed by atoms with Gasteiger partial charge in [-0.1, -0.05) is 61.5 Å². The van der Waals surface area contributed by atoms with Crippen molar-refractivity contribution >= 4 is 11.5 Å². The molecule has 4 aromatic rings. The average molecular weight is 657 g/mol. The highest BCUT2D eigenvalue weighted by molar-refractivity contribution is 5.96. The SMILES string of the molecule is CCc1ccc2c(c1)[C@@H](NC[C@@H](O)[C@H](Cc1ccccc1)NC(=O)c1cc(C3=CCCCC3)nc(-c3ccccn3)c1)CC1(CCCC1)O2.